The number of likely N-dealkylation sites (tertiary alicyclic amines) is 1. The normalized spacial score (nSPS) is 18.0. The van der Waals surface area contributed by atoms with Crippen molar-refractivity contribution >= 4 is 27.7 Å². The van der Waals surface area contributed by atoms with Gasteiger partial charge in [0.25, 0.3) is 5.91 Å². The summed E-state index contributed by atoms with van der Waals surface area (Å²) in [5, 5.41) is 0. The molecule has 0 aliphatic carbocycles. The van der Waals surface area contributed by atoms with E-state index in [0.717, 1.165) is 24.0 Å². The van der Waals surface area contributed by atoms with Crippen molar-refractivity contribution in [1.82, 2.24) is 9.88 Å². The largest absolute Gasteiger partial charge is 0.383 e. The Bertz CT molecular complexity index is 660. The molecule has 108 valence electrons. The minimum atomic E-state index is -0.0419. The zero-order chi connectivity index (χ0) is 14.8. The highest BCUT2D eigenvalue weighted by atomic mass is 79.9. The summed E-state index contributed by atoms with van der Waals surface area (Å²) in [6.07, 6.45) is 2.58. The van der Waals surface area contributed by atoms with E-state index in [1.807, 2.05) is 23.1 Å². The predicted octanol–water partition coefficient (Wildman–Crippen LogP) is 3.06. The molecule has 5 heteroatoms. The van der Waals surface area contributed by atoms with Crippen LogP contribution < -0.4 is 5.73 Å². The lowest BCUT2D eigenvalue weighted by Crippen LogP contribution is -2.29. The number of carbonyl (C=O) groups excluding carboxylic acids is 1. The summed E-state index contributed by atoms with van der Waals surface area (Å²) in [6.45, 7) is 1.49. The van der Waals surface area contributed by atoms with Crippen molar-refractivity contribution in [2.45, 2.75) is 12.3 Å². The first kappa shape index (κ1) is 14.1. The Morgan fingerprint density at radius 1 is 1.33 bits per heavy atom. The Hall–Kier alpha value is -1.88. The molecule has 0 spiro atoms. The van der Waals surface area contributed by atoms with E-state index >= 15 is 0 Å². The van der Waals surface area contributed by atoms with E-state index in [4.69, 9.17) is 5.73 Å². The van der Waals surface area contributed by atoms with Gasteiger partial charge in [0, 0.05) is 29.7 Å². The van der Waals surface area contributed by atoms with Crippen LogP contribution in [0.25, 0.3) is 0 Å². The fourth-order valence-corrected chi connectivity index (χ4v) is 3.06. The first-order valence-electron chi connectivity index (χ1n) is 6.90. The van der Waals surface area contributed by atoms with E-state index in [-0.39, 0.29) is 11.7 Å². The maximum absolute atomic E-state index is 12.6. The second kappa shape index (κ2) is 5.85. The lowest BCUT2D eigenvalue weighted by molar-refractivity contribution is 0.0791. The van der Waals surface area contributed by atoms with Crippen LogP contribution >= 0.6 is 15.9 Å². The van der Waals surface area contributed by atoms with E-state index in [2.05, 4.69) is 33.0 Å². The number of rotatable bonds is 2. The molecule has 0 radical (unpaired) electrons. The van der Waals surface area contributed by atoms with E-state index < -0.39 is 0 Å². The van der Waals surface area contributed by atoms with Crippen molar-refractivity contribution in [2.75, 3.05) is 18.8 Å². The molecular weight excluding hydrogens is 330 g/mol. The minimum Gasteiger partial charge on any atom is -0.383 e. The molecule has 1 atom stereocenters. The molecule has 2 N–H and O–H groups in total. The van der Waals surface area contributed by atoms with E-state index in [1.54, 1.807) is 12.3 Å². The maximum atomic E-state index is 12.6. The monoisotopic (exact) mass is 345 g/mol. The van der Waals surface area contributed by atoms with Gasteiger partial charge >= 0.3 is 0 Å². The number of nitrogens with zero attached hydrogens (tertiary/aromatic N) is 2. The number of amides is 1. The van der Waals surface area contributed by atoms with E-state index in [1.165, 1.54) is 5.56 Å². The highest BCUT2D eigenvalue weighted by molar-refractivity contribution is 9.10. The second-order valence-electron chi connectivity index (χ2n) is 5.23. The molecule has 0 bridgehead atoms. The third-order valence-corrected chi connectivity index (χ3v) is 4.30. The van der Waals surface area contributed by atoms with Gasteiger partial charge in [0.15, 0.2) is 0 Å². The molecule has 0 saturated carbocycles. The van der Waals surface area contributed by atoms with Gasteiger partial charge in [0.2, 0.25) is 0 Å². The Morgan fingerprint density at radius 3 is 2.86 bits per heavy atom. The van der Waals surface area contributed by atoms with Gasteiger partial charge in [-0.1, -0.05) is 30.3 Å². The van der Waals surface area contributed by atoms with Gasteiger partial charge in [0.1, 0.15) is 5.82 Å². The van der Waals surface area contributed by atoms with Crippen LogP contribution in [-0.2, 0) is 0 Å². The fourth-order valence-electron chi connectivity index (χ4n) is 2.73. The number of benzene rings is 1. The smallest absolute Gasteiger partial charge is 0.257 e. The number of hydrogen-bond donors (Lipinski definition) is 1. The Labute approximate surface area is 132 Å². The molecule has 3 rings (SSSR count). The average molecular weight is 346 g/mol. The van der Waals surface area contributed by atoms with Crippen molar-refractivity contribution in [3.63, 3.8) is 0 Å². The van der Waals surface area contributed by atoms with Crippen molar-refractivity contribution in [1.29, 1.82) is 0 Å². The zero-order valence-corrected chi connectivity index (χ0v) is 13.1. The fraction of sp³-hybridized carbons (Fsp3) is 0.250. The van der Waals surface area contributed by atoms with Crippen LogP contribution in [0.4, 0.5) is 5.82 Å². The highest BCUT2D eigenvalue weighted by Gasteiger charge is 2.29. The lowest BCUT2D eigenvalue weighted by Gasteiger charge is -2.17. The van der Waals surface area contributed by atoms with Gasteiger partial charge in [-0.25, -0.2) is 4.98 Å². The van der Waals surface area contributed by atoms with Crippen molar-refractivity contribution < 1.29 is 4.79 Å². The molecule has 2 aromatic rings. The van der Waals surface area contributed by atoms with Crippen LogP contribution in [0.1, 0.15) is 28.3 Å². The molecule has 1 aliphatic heterocycles. The molecular formula is C16H16BrN3O. The molecule has 1 aromatic carbocycles. The number of hydrogen-bond acceptors (Lipinski definition) is 3. The summed E-state index contributed by atoms with van der Waals surface area (Å²) in [5.74, 6) is 0.641. The molecule has 21 heavy (non-hydrogen) atoms. The summed E-state index contributed by atoms with van der Waals surface area (Å²) in [7, 11) is 0. The van der Waals surface area contributed by atoms with E-state index in [0.29, 0.717) is 11.5 Å². The molecule has 1 aliphatic rings. The van der Waals surface area contributed by atoms with Crippen molar-refractivity contribution in [3.05, 3.63) is 58.2 Å². The number of halogens is 1. The standard InChI is InChI=1S/C16H16BrN3O/c17-13-8-14(15(18)19-9-13)16(21)20-7-6-12(10-20)11-4-2-1-3-5-11/h1-5,8-9,12H,6-7,10H2,(H2,18,19). The van der Waals surface area contributed by atoms with Crippen LogP contribution in [0.15, 0.2) is 47.1 Å². The van der Waals surface area contributed by atoms with Gasteiger partial charge in [0.05, 0.1) is 5.56 Å². The number of aromatic nitrogens is 1. The summed E-state index contributed by atoms with van der Waals surface area (Å²) >= 11 is 3.33. The lowest BCUT2D eigenvalue weighted by atomic mass is 9.99. The first-order valence-corrected chi connectivity index (χ1v) is 7.69. The van der Waals surface area contributed by atoms with Gasteiger partial charge in [-0.2, -0.15) is 0 Å². The Morgan fingerprint density at radius 2 is 2.10 bits per heavy atom. The van der Waals surface area contributed by atoms with Gasteiger partial charge < -0.3 is 10.6 Å². The molecule has 1 saturated heterocycles. The minimum absolute atomic E-state index is 0.0419. The molecule has 2 heterocycles. The molecule has 1 amide bonds. The highest BCUT2D eigenvalue weighted by Crippen LogP contribution is 2.29. The summed E-state index contributed by atoms with van der Waals surface area (Å²) in [6, 6.07) is 12.1. The maximum Gasteiger partial charge on any atom is 0.257 e. The van der Waals surface area contributed by atoms with Crippen LogP contribution in [-0.4, -0.2) is 28.9 Å². The van der Waals surface area contributed by atoms with Crippen molar-refractivity contribution in [3.8, 4) is 0 Å². The second-order valence-corrected chi connectivity index (χ2v) is 6.15. The predicted molar refractivity (Wildman–Crippen MR) is 86.1 cm³/mol. The van der Waals surface area contributed by atoms with Crippen LogP contribution in [0.3, 0.4) is 0 Å². The molecule has 1 fully saturated rings. The van der Waals surface area contributed by atoms with Crippen LogP contribution in [0, 0.1) is 0 Å². The third kappa shape index (κ3) is 2.93. The number of pyridine rings is 1. The third-order valence-electron chi connectivity index (χ3n) is 3.86. The van der Waals surface area contributed by atoms with Crippen LogP contribution in [0.2, 0.25) is 0 Å². The summed E-state index contributed by atoms with van der Waals surface area (Å²) in [4.78, 5) is 18.5. The summed E-state index contributed by atoms with van der Waals surface area (Å²) in [5.41, 5.74) is 7.58. The molecule has 4 nitrogen and oxygen atoms in total. The van der Waals surface area contributed by atoms with Crippen molar-refractivity contribution in [2.24, 2.45) is 0 Å². The van der Waals surface area contributed by atoms with Gasteiger partial charge in [-0.15, -0.1) is 0 Å². The number of anilines is 1. The number of carbonyl (C=O) groups is 1. The van der Waals surface area contributed by atoms with Crippen LogP contribution in [0.5, 0.6) is 0 Å². The SMILES string of the molecule is Nc1ncc(Br)cc1C(=O)N1CCC(c2ccccc2)C1. The summed E-state index contributed by atoms with van der Waals surface area (Å²) < 4.78 is 0.763. The van der Waals surface area contributed by atoms with Gasteiger partial charge in [-0.05, 0) is 34.0 Å². The number of nitrogen functional groups attached to an aromatic ring is 1. The van der Waals surface area contributed by atoms with E-state index in [9.17, 15) is 4.79 Å². The first-order chi connectivity index (χ1) is 10.1. The topological polar surface area (TPSA) is 59.2 Å². The molecule has 1 unspecified atom stereocenters. The molecule has 1 aromatic heterocycles. The van der Waals surface area contributed by atoms with Gasteiger partial charge in [-0.3, -0.25) is 4.79 Å². The Balaban J connectivity index is 1.77. The number of nitrogens with two attached hydrogens (primary N) is 1. The average Bonchev–Trinajstić information content (AvgIpc) is 3.00. The Kier molecular flexibility index (Phi) is 3.92. The quantitative estimate of drug-likeness (QED) is 0.909. The zero-order valence-electron chi connectivity index (χ0n) is 11.5.